The van der Waals surface area contributed by atoms with Crippen molar-refractivity contribution in [2.45, 2.75) is 4.90 Å². The third kappa shape index (κ3) is 4.38. The third-order valence-corrected chi connectivity index (χ3v) is 6.70. The summed E-state index contributed by atoms with van der Waals surface area (Å²) < 4.78 is 25.4. The molecule has 0 unspecified atom stereocenters. The molecular weight excluding hydrogens is 396 g/mol. The second kappa shape index (κ2) is 8.18. The van der Waals surface area contributed by atoms with E-state index in [1.807, 2.05) is 0 Å². The van der Waals surface area contributed by atoms with Gasteiger partial charge in [-0.25, -0.2) is 12.7 Å². The molecule has 0 atom stereocenters. The summed E-state index contributed by atoms with van der Waals surface area (Å²) in [5.74, 6) is -0.151. The van der Waals surface area contributed by atoms with E-state index in [-0.39, 0.29) is 16.5 Å². The Morgan fingerprint density at radius 3 is 2.00 bits per heavy atom. The summed E-state index contributed by atoms with van der Waals surface area (Å²) in [5.41, 5.74) is 1.36. The van der Waals surface area contributed by atoms with E-state index in [1.165, 1.54) is 50.5 Å². The van der Waals surface area contributed by atoms with E-state index < -0.39 is 14.9 Å². The fourth-order valence-electron chi connectivity index (χ4n) is 3.12. The first-order valence-electron chi connectivity index (χ1n) is 9.01. The van der Waals surface area contributed by atoms with Crippen molar-refractivity contribution in [2.75, 3.05) is 45.2 Å². The predicted molar refractivity (Wildman–Crippen MR) is 109 cm³/mol. The molecule has 0 saturated carbocycles. The second-order valence-corrected chi connectivity index (χ2v) is 9.02. The lowest BCUT2D eigenvalue weighted by atomic mass is 10.1. The molecule has 1 aliphatic rings. The van der Waals surface area contributed by atoms with Crippen LogP contribution in [0.5, 0.6) is 0 Å². The first kappa shape index (κ1) is 20.7. The van der Waals surface area contributed by atoms with Crippen molar-refractivity contribution >= 4 is 27.3 Å². The molecule has 2 aromatic carbocycles. The molecule has 0 N–H and O–H groups in total. The Labute approximate surface area is 169 Å². The van der Waals surface area contributed by atoms with Crippen molar-refractivity contribution in [1.82, 2.24) is 9.21 Å². The number of non-ortho nitro benzene ring substituents is 1. The lowest BCUT2D eigenvalue weighted by molar-refractivity contribution is -0.384. The SMILES string of the molecule is CN(C)S(=O)(=O)c1ccc(C(=O)N2CCN(c3ccc([N+](=O)[O-])cc3)CC2)cc1. The maximum Gasteiger partial charge on any atom is 0.269 e. The molecular formula is C19H22N4O5S. The number of carbonyl (C=O) groups is 1. The summed E-state index contributed by atoms with van der Waals surface area (Å²) in [6.45, 7) is 2.23. The number of carbonyl (C=O) groups excluding carboxylic acids is 1. The van der Waals surface area contributed by atoms with Gasteiger partial charge in [0.2, 0.25) is 10.0 Å². The topological polar surface area (TPSA) is 104 Å². The molecule has 154 valence electrons. The minimum absolute atomic E-state index is 0.0438. The smallest absolute Gasteiger partial charge is 0.269 e. The highest BCUT2D eigenvalue weighted by Gasteiger charge is 2.24. The molecule has 2 aromatic rings. The van der Waals surface area contributed by atoms with Gasteiger partial charge in [-0.05, 0) is 36.4 Å². The van der Waals surface area contributed by atoms with Gasteiger partial charge in [-0.1, -0.05) is 0 Å². The molecule has 29 heavy (non-hydrogen) atoms. The zero-order valence-electron chi connectivity index (χ0n) is 16.2. The van der Waals surface area contributed by atoms with Crippen LogP contribution in [0.2, 0.25) is 0 Å². The van der Waals surface area contributed by atoms with Gasteiger partial charge in [-0.3, -0.25) is 14.9 Å². The maximum atomic E-state index is 12.7. The van der Waals surface area contributed by atoms with E-state index in [9.17, 15) is 23.3 Å². The fraction of sp³-hybridized carbons (Fsp3) is 0.316. The van der Waals surface area contributed by atoms with Gasteiger partial charge in [0, 0.05) is 63.7 Å². The number of benzene rings is 2. The summed E-state index contributed by atoms with van der Waals surface area (Å²) in [6.07, 6.45) is 0. The molecule has 3 rings (SSSR count). The molecule has 0 bridgehead atoms. The maximum absolute atomic E-state index is 12.7. The van der Waals surface area contributed by atoms with Crippen LogP contribution in [-0.2, 0) is 10.0 Å². The molecule has 0 aliphatic carbocycles. The Morgan fingerprint density at radius 1 is 0.966 bits per heavy atom. The summed E-state index contributed by atoms with van der Waals surface area (Å²) in [7, 11) is -0.617. The van der Waals surface area contributed by atoms with Crippen molar-refractivity contribution < 1.29 is 18.1 Å². The molecule has 1 heterocycles. The first-order chi connectivity index (χ1) is 13.7. The lowest BCUT2D eigenvalue weighted by Crippen LogP contribution is -2.48. The Hall–Kier alpha value is -2.98. The zero-order valence-corrected chi connectivity index (χ0v) is 17.0. The highest BCUT2D eigenvalue weighted by Crippen LogP contribution is 2.21. The van der Waals surface area contributed by atoms with Gasteiger partial charge in [-0.2, -0.15) is 0 Å². The third-order valence-electron chi connectivity index (χ3n) is 4.87. The van der Waals surface area contributed by atoms with Crippen LogP contribution in [0.1, 0.15) is 10.4 Å². The van der Waals surface area contributed by atoms with Crippen molar-refractivity contribution in [3.63, 3.8) is 0 Å². The number of sulfonamides is 1. The summed E-state index contributed by atoms with van der Waals surface area (Å²) in [6, 6.07) is 12.3. The number of piperazine rings is 1. The van der Waals surface area contributed by atoms with E-state index in [4.69, 9.17) is 0 Å². The Bertz CT molecular complexity index is 996. The van der Waals surface area contributed by atoms with Crippen LogP contribution in [0, 0.1) is 10.1 Å². The number of rotatable bonds is 5. The molecule has 0 spiro atoms. The van der Waals surface area contributed by atoms with Crippen molar-refractivity contribution in [3.05, 3.63) is 64.2 Å². The normalized spacial score (nSPS) is 14.9. The van der Waals surface area contributed by atoms with Crippen LogP contribution >= 0.6 is 0 Å². The van der Waals surface area contributed by atoms with Gasteiger partial charge in [0.05, 0.1) is 9.82 Å². The summed E-state index contributed by atoms with van der Waals surface area (Å²) in [5, 5.41) is 10.8. The van der Waals surface area contributed by atoms with E-state index in [1.54, 1.807) is 17.0 Å². The van der Waals surface area contributed by atoms with Gasteiger partial charge in [0.15, 0.2) is 0 Å². The van der Waals surface area contributed by atoms with E-state index in [2.05, 4.69) is 4.90 Å². The van der Waals surface area contributed by atoms with Gasteiger partial charge in [0.1, 0.15) is 0 Å². The number of amides is 1. The standard InChI is InChI=1S/C19H22N4O5S/c1-20(2)29(27,28)18-9-3-15(4-10-18)19(24)22-13-11-21(12-14-22)16-5-7-17(8-6-16)23(25)26/h3-10H,11-14H2,1-2H3. The molecule has 9 nitrogen and oxygen atoms in total. The van der Waals surface area contributed by atoms with Crippen LogP contribution in [0.3, 0.4) is 0 Å². The van der Waals surface area contributed by atoms with Crippen molar-refractivity contribution in [1.29, 1.82) is 0 Å². The van der Waals surface area contributed by atoms with Crippen molar-refractivity contribution in [2.24, 2.45) is 0 Å². The molecule has 1 amide bonds. The molecule has 1 aliphatic heterocycles. The minimum Gasteiger partial charge on any atom is -0.368 e. The van der Waals surface area contributed by atoms with Crippen LogP contribution in [0.15, 0.2) is 53.4 Å². The van der Waals surface area contributed by atoms with Gasteiger partial charge in [0.25, 0.3) is 11.6 Å². The van der Waals surface area contributed by atoms with Crippen LogP contribution in [0.4, 0.5) is 11.4 Å². The number of hydrogen-bond donors (Lipinski definition) is 0. The summed E-state index contributed by atoms with van der Waals surface area (Å²) >= 11 is 0. The van der Waals surface area contributed by atoms with E-state index in [0.717, 1.165) is 9.99 Å². The zero-order chi connectivity index (χ0) is 21.2. The van der Waals surface area contributed by atoms with Gasteiger partial charge in [-0.15, -0.1) is 0 Å². The van der Waals surface area contributed by atoms with E-state index in [0.29, 0.717) is 31.7 Å². The minimum atomic E-state index is -3.53. The Kier molecular flexibility index (Phi) is 5.85. The Morgan fingerprint density at radius 2 is 1.52 bits per heavy atom. The van der Waals surface area contributed by atoms with Gasteiger partial charge < -0.3 is 9.80 Å². The number of nitro benzene ring substituents is 1. The second-order valence-electron chi connectivity index (χ2n) is 6.86. The van der Waals surface area contributed by atoms with E-state index >= 15 is 0 Å². The Balaban J connectivity index is 1.63. The number of nitro groups is 1. The van der Waals surface area contributed by atoms with Crippen LogP contribution in [0.25, 0.3) is 0 Å². The molecule has 1 fully saturated rings. The highest BCUT2D eigenvalue weighted by atomic mass is 32.2. The highest BCUT2D eigenvalue weighted by molar-refractivity contribution is 7.89. The largest absolute Gasteiger partial charge is 0.368 e. The fourth-order valence-corrected chi connectivity index (χ4v) is 4.02. The quantitative estimate of drug-likeness (QED) is 0.542. The monoisotopic (exact) mass is 418 g/mol. The molecule has 0 aromatic heterocycles. The predicted octanol–water partition coefficient (Wildman–Crippen LogP) is 1.81. The number of nitrogens with zero attached hydrogens (tertiary/aromatic N) is 4. The summed E-state index contributed by atoms with van der Waals surface area (Å²) in [4.78, 5) is 27.0. The van der Waals surface area contributed by atoms with Crippen LogP contribution < -0.4 is 4.90 Å². The average Bonchev–Trinajstić information content (AvgIpc) is 2.73. The average molecular weight is 418 g/mol. The molecule has 1 saturated heterocycles. The van der Waals surface area contributed by atoms with Crippen molar-refractivity contribution in [3.8, 4) is 0 Å². The van der Waals surface area contributed by atoms with Gasteiger partial charge >= 0.3 is 0 Å². The molecule has 10 heteroatoms. The molecule has 0 radical (unpaired) electrons. The van der Waals surface area contributed by atoms with Crippen LogP contribution in [-0.4, -0.2) is 68.7 Å². The number of hydrogen-bond acceptors (Lipinski definition) is 6. The number of anilines is 1. The lowest BCUT2D eigenvalue weighted by Gasteiger charge is -2.36. The first-order valence-corrected chi connectivity index (χ1v) is 10.5.